The minimum absolute atomic E-state index is 0.0111. The predicted molar refractivity (Wildman–Crippen MR) is 367 cm³/mol. The lowest BCUT2D eigenvalue weighted by Crippen LogP contribution is -2.63. The number of nitrogens with zero attached hydrogens (tertiary/aromatic N) is 2. The first kappa shape index (κ1) is 75.9. The molecule has 6 heterocycles. The minimum Gasteiger partial charge on any atom is -0.508 e. The molecule has 34 heteroatoms. The van der Waals surface area contributed by atoms with Gasteiger partial charge in [-0.25, -0.2) is 13.8 Å². The van der Waals surface area contributed by atoms with Crippen LogP contribution in [0.1, 0.15) is 80.8 Å². The molecule has 10 rings (SSSR count). The highest BCUT2D eigenvalue weighted by molar-refractivity contribution is 6.01. The van der Waals surface area contributed by atoms with Crippen molar-refractivity contribution in [3.05, 3.63) is 149 Å². The van der Waals surface area contributed by atoms with Gasteiger partial charge in [-0.3, -0.25) is 62.3 Å². The number of benzene rings is 4. The Bertz CT molecular complexity index is 4360. The summed E-state index contributed by atoms with van der Waals surface area (Å²) in [6.45, 7) is 2.94. The van der Waals surface area contributed by atoms with Crippen molar-refractivity contribution in [1.82, 2.24) is 78.0 Å². The molecule has 9 atom stereocenters. The number of rotatable bonds is 12. The van der Waals surface area contributed by atoms with Gasteiger partial charge >= 0.3 is 5.97 Å². The number of carboxylic acid groups (broad SMARTS) is 1. The summed E-state index contributed by atoms with van der Waals surface area (Å²) in [6, 6.07) is 6.48. The molecule has 0 aliphatic carbocycles. The van der Waals surface area contributed by atoms with Gasteiger partial charge in [-0.05, 0) is 116 Å². The monoisotopic (exact) mass is 1440 g/mol. The minimum atomic E-state index is -2.09. The van der Waals surface area contributed by atoms with Crippen LogP contribution in [-0.4, -0.2) is 192 Å². The Balaban J connectivity index is 1.05. The molecule has 3 aliphatic rings. The van der Waals surface area contributed by atoms with Gasteiger partial charge in [0.25, 0.3) is 0 Å². The van der Waals surface area contributed by atoms with Crippen LogP contribution in [0.4, 0.5) is 8.78 Å². The molecule has 2 bridgehead atoms. The summed E-state index contributed by atoms with van der Waals surface area (Å²) in [5.74, 6) is -14.0. The molecule has 0 spiro atoms. The maximum Gasteiger partial charge on any atom is 0.305 e. The first-order valence-electron chi connectivity index (χ1n) is 33.3. The molecular weight excluding hydrogens is 1360 g/mol. The van der Waals surface area contributed by atoms with Crippen molar-refractivity contribution in [2.45, 2.75) is 139 Å². The van der Waals surface area contributed by atoms with Crippen LogP contribution in [-0.2, 0) is 94.4 Å². The van der Waals surface area contributed by atoms with Gasteiger partial charge in [-0.15, -0.1) is 0 Å². The number of halogens is 2. The average Bonchev–Trinajstić information content (AvgIpc) is 1.57. The molecule has 0 unspecified atom stereocenters. The lowest BCUT2D eigenvalue weighted by Gasteiger charge is -2.37. The van der Waals surface area contributed by atoms with E-state index in [0.717, 1.165) is 25.1 Å². The number of phenols is 1. The highest BCUT2D eigenvalue weighted by Gasteiger charge is 2.49. The number of aromatic amines is 3. The zero-order valence-electron chi connectivity index (χ0n) is 56.7. The van der Waals surface area contributed by atoms with E-state index in [4.69, 9.17) is 10.5 Å². The average molecular weight is 1440 g/mol. The van der Waals surface area contributed by atoms with Crippen molar-refractivity contribution in [1.29, 1.82) is 0 Å². The number of carbonyl (C=O) groups excluding carboxylic acids is 12. The van der Waals surface area contributed by atoms with Crippen LogP contribution in [0.2, 0.25) is 0 Å². The number of aliphatic carboxylic acids is 1. The molecule has 1 saturated heterocycles. The zero-order valence-corrected chi connectivity index (χ0v) is 56.7. The molecule has 0 radical (unpaired) electrons. The van der Waals surface area contributed by atoms with Crippen molar-refractivity contribution in [2.75, 3.05) is 26.2 Å². The first-order chi connectivity index (χ1) is 49.6. The molecule has 7 aromatic rings. The number of hydrogen-bond acceptors (Lipinski definition) is 16. The summed E-state index contributed by atoms with van der Waals surface area (Å²) < 4.78 is 35.6. The van der Waals surface area contributed by atoms with E-state index in [2.05, 4.69) is 73.1 Å². The number of aromatic hydroxyl groups is 1. The summed E-state index contributed by atoms with van der Waals surface area (Å²) in [4.78, 5) is 196. The van der Waals surface area contributed by atoms with Crippen molar-refractivity contribution in [2.24, 2.45) is 5.73 Å². The number of carboxylic acids is 1. The molecular formula is C70H80F2N16O16. The Kier molecular flexibility index (Phi) is 25.1. The molecule has 0 saturated carbocycles. The van der Waals surface area contributed by atoms with Gasteiger partial charge in [-0.2, -0.15) is 0 Å². The van der Waals surface area contributed by atoms with Crippen LogP contribution >= 0.6 is 0 Å². The van der Waals surface area contributed by atoms with Crippen LogP contribution < -0.4 is 63.6 Å². The van der Waals surface area contributed by atoms with Crippen molar-refractivity contribution in [3.8, 4) is 11.5 Å². The van der Waals surface area contributed by atoms with E-state index in [1.165, 1.54) is 86.1 Å². The number of fused-ring (bicyclic) bond motifs is 36. The molecule has 3 aliphatic heterocycles. The van der Waals surface area contributed by atoms with Gasteiger partial charge in [0.2, 0.25) is 70.9 Å². The number of imidazole rings is 1. The molecule has 32 nitrogen and oxygen atoms in total. The highest BCUT2D eigenvalue weighted by Crippen LogP contribution is 2.32. The first-order valence-corrected chi connectivity index (χ1v) is 33.3. The topological polar surface area (TPSA) is 481 Å². The van der Waals surface area contributed by atoms with Gasteiger partial charge < -0.3 is 93.7 Å². The van der Waals surface area contributed by atoms with E-state index in [0.29, 0.717) is 27.9 Å². The maximum atomic E-state index is 15.2. The van der Waals surface area contributed by atoms with Crippen molar-refractivity contribution in [3.63, 3.8) is 0 Å². The Labute approximate surface area is 592 Å². The number of aromatic nitrogens is 4. The van der Waals surface area contributed by atoms with Crippen LogP contribution in [0.15, 0.2) is 110 Å². The van der Waals surface area contributed by atoms with Crippen LogP contribution in [0.25, 0.3) is 21.8 Å². The standard InChI is InChI=1S/C70H80F2N16O16/c1-36-62(96)78-34-59(92)82-53(25-40-31-76-49-15-9-42(71)27-47(40)49)64(98)83-54(26-41-32-77-50-16-10-43(72)28-48(41)50)65(99)85-56(30-60(93)94)67(101)84-55(29-44-33-74-35-79-44)66(100)86-57(24-38-5-11-45(90)12-6-38)68(102)88-21-4-19-70(88,3)69(103)87-52(61(73)95)23-39-7-13-46(14-8-39)104-22-20-75-58(91)18-17-51(63(97)80-36)81-37(2)89/h5-16,27-28,31-33,35-36,51-57,76-77,90H,4,17-26,29-30,34H2,1-3H3,(H2,73,95)(H,74,79)(H,75,91)(H,78,96)(H,80,97)(H,81,89)(H,82,92)(H,83,98)(H,84,101)(H,85,99)(H,86,100)(H,87,103)(H,93,94)/t36-,51-,52-,53-,54-,55-,56-,57-,70-/m0/s1. The lowest BCUT2D eigenvalue weighted by molar-refractivity contribution is -0.147. The summed E-state index contributed by atoms with van der Waals surface area (Å²) in [5.41, 5.74) is 6.61. The Morgan fingerprint density at radius 2 is 1.26 bits per heavy atom. The van der Waals surface area contributed by atoms with E-state index in [1.54, 1.807) is 24.3 Å². The Hall–Kier alpha value is -12.3. The molecule has 104 heavy (non-hydrogen) atoms. The molecule has 12 amide bonds. The second kappa shape index (κ2) is 34.4. The number of nitrogens with one attached hydrogen (secondary N) is 13. The summed E-state index contributed by atoms with van der Waals surface area (Å²) in [5, 5.41) is 46.3. The number of phenolic OH excluding ortho intramolecular Hbond substituents is 1. The summed E-state index contributed by atoms with van der Waals surface area (Å²) in [7, 11) is 0. The fourth-order valence-electron chi connectivity index (χ4n) is 12.3. The highest BCUT2D eigenvalue weighted by atomic mass is 19.1. The van der Waals surface area contributed by atoms with Gasteiger partial charge in [0.1, 0.15) is 83.6 Å². The zero-order chi connectivity index (χ0) is 74.9. The fourth-order valence-corrected chi connectivity index (χ4v) is 12.3. The number of primary amides is 1. The second-order valence-corrected chi connectivity index (χ2v) is 25.6. The number of amides is 12. The molecule has 550 valence electrons. The SMILES string of the molecule is CC(=O)N[C@H]1CCC(=O)NCCOc2ccc(cc2)C[C@@H](C(N)=O)NC(=O)[C@]2(C)CCCN2C(=O)[C@H](Cc2ccc(O)cc2)NC(=O)[C@H](Cc2cnc[nH]2)NC(=O)[C@H](CC(=O)O)NC(=O)[C@H](Cc2c[nH]c3ccc(F)cc23)NC(=O)[C@H](Cc2c[nH]c3ccc(F)cc23)NC(=O)CNC(=O)[C@H](C)NC1=O. The fraction of sp³-hybridized carbons (Fsp3) is 0.371. The van der Waals surface area contributed by atoms with Crippen molar-refractivity contribution < 1.29 is 86.1 Å². The number of nitrogens with two attached hydrogens (primary N) is 1. The van der Waals surface area contributed by atoms with Gasteiger partial charge in [0.05, 0.1) is 25.8 Å². The van der Waals surface area contributed by atoms with E-state index < -0.39 is 175 Å². The smallest absolute Gasteiger partial charge is 0.305 e. The normalized spacial score (nSPS) is 23.1. The quantitative estimate of drug-likeness (QED) is 0.0688. The number of hydrogen-bond donors (Lipinski definition) is 16. The third kappa shape index (κ3) is 20.3. The molecule has 17 N–H and O–H groups in total. The molecule has 4 aromatic carbocycles. The third-order valence-corrected chi connectivity index (χ3v) is 17.8. The maximum absolute atomic E-state index is 15.2. The Morgan fingerprint density at radius 1 is 0.673 bits per heavy atom. The number of ether oxygens (including phenoxy) is 1. The van der Waals surface area contributed by atoms with Gasteiger partial charge in [0.15, 0.2) is 0 Å². The van der Waals surface area contributed by atoms with Gasteiger partial charge in [0, 0.05) is 98.1 Å². The van der Waals surface area contributed by atoms with E-state index in [9.17, 15) is 66.9 Å². The molecule has 1 fully saturated rings. The summed E-state index contributed by atoms with van der Waals surface area (Å²) in [6.07, 6.45) is 2.30. The largest absolute Gasteiger partial charge is 0.508 e. The van der Waals surface area contributed by atoms with Crippen LogP contribution in [0.5, 0.6) is 11.5 Å². The second-order valence-electron chi connectivity index (χ2n) is 25.6. The van der Waals surface area contributed by atoms with Crippen LogP contribution in [0.3, 0.4) is 0 Å². The van der Waals surface area contributed by atoms with Gasteiger partial charge in [-0.1, -0.05) is 24.3 Å². The summed E-state index contributed by atoms with van der Waals surface area (Å²) >= 11 is 0. The number of carbonyl (C=O) groups is 13. The predicted octanol–water partition coefficient (Wildman–Crippen LogP) is -0.466. The van der Waals surface area contributed by atoms with Crippen LogP contribution in [0, 0.1) is 11.6 Å². The van der Waals surface area contributed by atoms with Crippen molar-refractivity contribution >= 4 is 98.7 Å². The number of H-pyrrole nitrogens is 3. The van der Waals surface area contributed by atoms with E-state index in [-0.39, 0.29) is 91.6 Å². The molecule has 3 aromatic heterocycles. The third-order valence-electron chi connectivity index (χ3n) is 17.8. The van der Waals surface area contributed by atoms with E-state index >= 15 is 14.4 Å². The Morgan fingerprint density at radius 3 is 1.85 bits per heavy atom. The van der Waals surface area contributed by atoms with E-state index in [1.807, 2.05) is 0 Å². The lowest BCUT2D eigenvalue weighted by atomic mass is 9.94.